The fourth-order valence-electron chi connectivity index (χ4n) is 8.26. The summed E-state index contributed by atoms with van der Waals surface area (Å²) in [6, 6.07) is 0. The molecular formula is C61H110O5. The third-order valence-electron chi connectivity index (χ3n) is 12.5. The number of esters is 2. The van der Waals surface area contributed by atoms with Crippen molar-refractivity contribution in [3.8, 4) is 0 Å². The number of ether oxygens (including phenoxy) is 3. The summed E-state index contributed by atoms with van der Waals surface area (Å²) in [5.74, 6) is -0.404. The third kappa shape index (κ3) is 54.2. The average molecular weight is 924 g/mol. The molecule has 0 aliphatic carbocycles. The normalized spacial score (nSPS) is 12.6. The maximum absolute atomic E-state index is 12.8. The largest absolute Gasteiger partial charge is 0.462 e. The van der Waals surface area contributed by atoms with E-state index in [0.717, 1.165) is 77.0 Å². The quantitative estimate of drug-likeness (QED) is 0.0346. The van der Waals surface area contributed by atoms with Gasteiger partial charge in [0, 0.05) is 19.4 Å². The summed E-state index contributed by atoms with van der Waals surface area (Å²) in [6.07, 6.45) is 72.4. The van der Waals surface area contributed by atoms with Crippen LogP contribution in [0.15, 0.2) is 60.8 Å². The molecule has 0 fully saturated rings. The molecule has 0 aromatic carbocycles. The second-order valence-corrected chi connectivity index (χ2v) is 19.2. The molecule has 0 heterocycles. The molecule has 0 aromatic heterocycles. The van der Waals surface area contributed by atoms with Crippen molar-refractivity contribution < 1.29 is 23.8 Å². The molecule has 5 heteroatoms. The number of hydrogen-bond donors (Lipinski definition) is 0. The van der Waals surface area contributed by atoms with Gasteiger partial charge in [-0.2, -0.15) is 0 Å². The Bertz CT molecular complexity index is 1130. The molecule has 0 aliphatic rings. The van der Waals surface area contributed by atoms with Gasteiger partial charge in [0.05, 0.1) is 6.61 Å². The van der Waals surface area contributed by atoms with Gasteiger partial charge < -0.3 is 14.2 Å². The number of hydrogen-bond acceptors (Lipinski definition) is 5. The van der Waals surface area contributed by atoms with Crippen LogP contribution in [0.25, 0.3) is 0 Å². The van der Waals surface area contributed by atoms with E-state index >= 15 is 0 Å². The lowest BCUT2D eigenvalue weighted by Gasteiger charge is -2.18. The zero-order valence-corrected chi connectivity index (χ0v) is 44.2. The highest BCUT2D eigenvalue weighted by molar-refractivity contribution is 5.70. The van der Waals surface area contributed by atoms with Crippen LogP contribution < -0.4 is 0 Å². The van der Waals surface area contributed by atoms with Crippen LogP contribution >= 0.6 is 0 Å². The summed E-state index contributed by atoms with van der Waals surface area (Å²) in [6.45, 7) is 7.68. The Labute approximate surface area is 411 Å². The fourth-order valence-corrected chi connectivity index (χ4v) is 8.26. The van der Waals surface area contributed by atoms with Crippen LogP contribution in [0.2, 0.25) is 0 Å². The van der Waals surface area contributed by atoms with Gasteiger partial charge in [-0.1, -0.05) is 255 Å². The van der Waals surface area contributed by atoms with Gasteiger partial charge in [-0.15, -0.1) is 0 Å². The van der Waals surface area contributed by atoms with Crippen LogP contribution in [-0.4, -0.2) is 37.9 Å². The fraction of sp³-hybridized carbons (Fsp3) is 0.803. The van der Waals surface area contributed by atoms with Gasteiger partial charge in [-0.25, -0.2) is 0 Å². The van der Waals surface area contributed by atoms with E-state index in [1.165, 1.54) is 180 Å². The Balaban J connectivity index is 4.28. The van der Waals surface area contributed by atoms with Gasteiger partial charge >= 0.3 is 11.9 Å². The van der Waals surface area contributed by atoms with Gasteiger partial charge in [0.2, 0.25) is 0 Å². The Kier molecular flexibility index (Phi) is 54.9. The topological polar surface area (TPSA) is 61.8 Å². The van der Waals surface area contributed by atoms with Crippen LogP contribution in [-0.2, 0) is 23.8 Å². The monoisotopic (exact) mass is 923 g/mol. The lowest BCUT2D eigenvalue weighted by atomic mass is 10.0. The Hall–Kier alpha value is -2.40. The summed E-state index contributed by atoms with van der Waals surface area (Å²) in [7, 11) is 0. The maximum atomic E-state index is 12.8. The molecule has 1 atom stereocenters. The van der Waals surface area contributed by atoms with Gasteiger partial charge in [0.15, 0.2) is 6.10 Å². The molecule has 0 bridgehead atoms. The van der Waals surface area contributed by atoms with E-state index in [4.69, 9.17) is 14.2 Å². The van der Waals surface area contributed by atoms with E-state index in [9.17, 15) is 9.59 Å². The Morgan fingerprint density at radius 3 is 1.11 bits per heavy atom. The number of rotatable bonds is 53. The smallest absolute Gasteiger partial charge is 0.306 e. The van der Waals surface area contributed by atoms with Crippen LogP contribution in [0.3, 0.4) is 0 Å². The Morgan fingerprint density at radius 1 is 0.348 bits per heavy atom. The van der Waals surface area contributed by atoms with Gasteiger partial charge in [0.1, 0.15) is 6.61 Å². The SMILES string of the molecule is CC/C=C\C/C=C\C/C=C\C/C=C\CCCCCOCC(COC(=O)CCCCCCCCCCC/C=C\CCCCCCCC)OC(=O)CCCCCCCCCCCCCCCCC. The molecule has 0 radical (unpaired) electrons. The van der Waals surface area contributed by atoms with E-state index < -0.39 is 6.10 Å². The van der Waals surface area contributed by atoms with Crippen LogP contribution in [0, 0.1) is 0 Å². The Morgan fingerprint density at radius 2 is 0.682 bits per heavy atom. The van der Waals surface area contributed by atoms with Crippen LogP contribution in [0.1, 0.15) is 290 Å². The zero-order chi connectivity index (χ0) is 47.7. The first-order chi connectivity index (χ1) is 32.6. The van der Waals surface area contributed by atoms with Crippen molar-refractivity contribution in [1.82, 2.24) is 0 Å². The van der Waals surface area contributed by atoms with Crippen LogP contribution in [0.4, 0.5) is 0 Å². The summed E-state index contributed by atoms with van der Waals surface area (Å²) in [5.41, 5.74) is 0. The molecule has 0 rings (SSSR count). The molecule has 5 nitrogen and oxygen atoms in total. The van der Waals surface area contributed by atoms with Crippen molar-refractivity contribution >= 4 is 11.9 Å². The summed E-state index contributed by atoms with van der Waals surface area (Å²) >= 11 is 0. The highest BCUT2D eigenvalue weighted by atomic mass is 16.6. The predicted molar refractivity (Wildman–Crippen MR) is 288 cm³/mol. The van der Waals surface area contributed by atoms with Crippen molar-refractivity contribution in [2.75, 3.05) is 19.8 Å². The van der Waals surface area contributed by atoms with Crippen molar-refractivity contribution in [2.45, 2.75) is 297 Å². The first kappa shape index (κ1) is 63.6. The number of carbonyl (C=O) groups excluding carboxylic acids is 2. The number of unbranched alkanes of at least 4 members (excludes halogenated alkanes) is 32. The summed E-state index contributed by atoms with van der Waals surface area (Å²) < 4.78 is 17.4. The third-order valence-corrected chi connectivity index (χ3v) is 12.5. The van der Waals surface area contributed by atoms with E-state index in [1.54, 1.807) is 0 Å². The lowest BCUT2D eigenvalue weighted by molar-refractivity contribution is -0.163. The van der Waals surface area contributed by atoms with Crippen molar-refractivity contribution in [3.05, 3.63) is 60.8 Å². The second kappa shape index (κ2) is 56.9. The van der Waals surface area contributed by atoms with Crippen LogP contribution in [0.5, 0.6) is 0 Å². The van der Waals surface area contributed by atoms with Gasteiger partial charge in [0.25, 0.3) is 0 Å². The van der Waals surface area contributed by atoms with Gasteiger partial charge in [-0.05, 0) is 83.5 Å². The molecule has 0 saturated carbocycles. The number of carbonyl (C=O) groups is 2. The molecule has 66 heavy (non-hydrogen) atoms. The molecule has 384 valence electrons. The highest BCUT2D eigenvalue weighted by Crippen LogP contribution is 2.16. The molecule has 0 saturated heterocycles. The van der Waals surface area contributed by atoms with Crippen molar-refractivity contribution in [1.29, 1.82) is 0 Å². The number of allylic oxidation sites excluding steroid dienone is 10. The molecule has 0 amide bonds. The molecular weight excluding hydrogens is 813 g/mol. The van der Waals surface area contributed by atoms with Crippen molar-refractivity contribution in [2.24, 2.45) is 0 Å². The second-order valence-electron chi connectivity index (χ2n) is 19.2. The minimum Gasteiger partial charge on any atom is -0.462 e. The minimum absolute atomic E-state index is 0.0736. The van der Waals surface area contributed by atoms with E-state index in [2.05, 4.69) is 81.5 Å². The van der Waals surface area contributed by atoms with E-state index in [1.807, 2.05) is 0 Å². The molecule has 0 aromatic rings. The average Bonchev–Trinajstić information content (AvgIpc) is 3.32. The highest BCUT2D eigenvalue weighted by Gasteiger charge is 2.17. The first-order valence-corrected chi connectivity index (χ1v) is 28.8. The zero-order valence-electron chi connectivity index (χ0n) is 44.2. The van der Waals surface area contributed by atoms with Crippen molar-refractivity contribution in [3.63, 3.8) is 0 Å². The molecule has 1 unspecified atom stereocenters. The van der Waals surface area contributed by atoms with E-state index in [0.29, 0.717) is 19.4 Å². The molecule has 0 aliphatic heterocycles. The van der Waals surface area contributed by atoms with Gasteiger partial charge in [-0.3, -0.25) is 9.59 Å². The first-order valence-electron chi connectivity index (χ1n) is 28.8. The molecule has 0 spiro atoms. The minimum atomic E-state index is -0.553. The standard InChI is InChI=1S/C61H110O5/c1-4-7-10-13-16-19-22-25-28-30-31-32-34-36-39-42-45-48-51-54-60(62)65-58-59(57-64-56-53-50-47-44-41-38-35-29-26-23-20-17-14-11-8-5-2)66-61(63)55-52-49-46-43-40-37-33-27-24-21-18-15-12-9-6-3/h8,11,17,20,25-26,28-29,38,41,59H,4-7,9-10,12-16,18-19,21-24,27,30-37,39-40,42-58H2,1-3H3/b11-8-,20-17-,28-25-,29-26-,41-38-. The van der Waals surface area contributed by atoms with E-state index in [-0.39, 0.29) is 25.2 Å². The lowest BCUT2D eigenvalue weighted by Crippen LogP contribution is -2.30. The molecule has 0 N–H and O–H groups in total. The maximum Gasteiger partial charge on any atom is 0.306 e. The summed E-state index contributed by atoms with van der Waals surface area (Å²) in [4.78, 5) is 25.5. The summed E-state index contributed by atoms with van der Waals surface area (Å²) in [5, 5.41) is 0. The predicted octanol–water partition coefficient (Wildman–Crippen LogP) is 19.7.